The van der Waals surface area contributed by atoms with Crippen molar-refractivity contribution in [3.63, 3.8) is 0 Å². The number of nitrogens with one attached hydrogen (secondary N) is 2. The lowest BCUT2D eigenvalue weighted by Crippen LogP contribution is -2.49. The maximum Gasteiger partial charge on any atom is 0.238 e. The van der Waals surface area contributed by atoms with Crippen LogP contribution < -0.4 is 10.2 Å². The van der Waals surface area contributed by atoms with E-state index in [4.69, 9.17) is 23.2 Å². The van der Waals surface area contributed by atoms with Crippen molar-refractivity contribution in [2.24, 2.45) is 0 Å². The summed E-state index contributed by atoms with van der Waals surface area (Å²) in [5, 5.41) is 11.0. The van der Waals surface area contributed by atoms with Crippen LogP contribution in [0, 0.1) is 13.8 Å². The highest BCUT2D eigenvalue weighted by Crippen LogP contribution is 2.25. The minimum atomic E-state index is -0.0532. The molecule has 0 unspecified atom stereocenters. The highest BCUT2D eigenvalue weighted by Gasteiger charge is 2.22. The summed E-state index contributed by atoms with van der Waals surface area (Å²) < 4.78 is 0. The zero-order valence-corrected chi connectivity index (χ0v) is 15.8. The van der Waals surface area contributed by atoms with Crippen molar-refractivity contribution in [3.8, 4) is 0 Å². The Morgan fingerprint density at radius 1 is 1.20 bits per heavy atom. The van der Waals surface area contributed by atoms with Crippen LogP contribution in [0.3, 0.4) is 0 Å². The normalized spacial score (nSPS) is 15.4. The van der Waals surface area contributed by atoms with E-state index in [9.17, 15) is 4.79 Å². The first kappa shape index (κ1) is 18.0. The number of carbonyl (C=O) groups excluding carboxylic acids is 1. The Morgan fingerprint density at radius 3 is 2.52 bits per heavy atom. The predicted molar refractivity (Wildman–Crippen MR) is 102 cm³/mol. The number of piperazine rings is 1. The van der Waals surface area contributed by atoms with Gasteiger partial charge in [0.15, 0.2) is 0 Å². The van der Waals surface area contributed by atoms with Gasteiger partial charge in [-0.2, -0.15) is 5.10 Å². The molecule has 1 aliphatic rings. The number of benzene rings is 1. The summed E-state index contributed by atoms with van der Waals surface area (Å²) in [6.45, 7) is 7.82. The van der Waals surface area contributed by atoms with E-state index in [1.807, 2.05) is 13.8 Å². The Bertz CT molecular complexity index is 749. The van der Waals surface area contributed by atoms with Gasteiger partial charge in [0.1, 0.15) is 0 Å². The molecule has 0 spiro atoms. The summed E-state index contributed by atoms with van der Waals surface area (Å²) in [5.74, 6) is -0.0532. The minimum Gasteiger partial charge on any atom is -0.366 e. The number of carbonyl (C=O) groups is 1. The van der Waals surface area contributed by atoms with Crippen LogP contribution in [-0.4, -0.2) is 53.7 Å². The fourth-order valence-electron chi connectivity index (χ4n) is 3.12. The van der Waals surface area contributed by atoms with Crippen LogP contribution in [0.5, 0.6) is 0 Å². The Morgan fingerprint density at radius 2 is 1.92 bits per heavy atom. The minimum absolute atomic E-state index is 0.0532. The second-order valence-electron chi connectivity index (χ2n) is 6.22. The van der Waals surface area contributed by atoms with E-state index in [-0.39, 0.29) is 5.91 Å². The van der Waals surface area contributed by atoms with Crippen LogP contribution in [0.25, 0.3) is 0 Å². The SMILES string of the molecule is Cc1n[nH]c(C)c1N1CCN(CC(=O)Nc2ccc(Cl)c(Cl)c2)CC1. The molecule has 1 amide bonds. The second-order valence-corrected chi connectivity index (χ2v) is 7.04. The Hall–Kier alpha value is -1.76. The van der Waals surface area contributed by atoms with Crippen LogP contribution >= 0.6 is 23.2 Å². The van der Waals surface area contributed by atoms with Crippen LogP contribution in [0.15, 0.2) is 18.2 Å². The average Bonchev–Trinajstić information content (AvgIpc) is 2.91. The topological polar surface area (TPSA) is 64.3 Å². The van der Waals surface area contributed by atoms with Gasteiger partial charge in [0.25, 0.3) is 0 Å². The Kier molecular flexibility index (Phi) is 5.51. The van der Waals surface area contributed by atoms with Crippen LogP contribution in [0.1, 0.15) is 11.4 Å². The quantitative estimate of drug-likeness (QED) is 0.853. The van der Waals surface area contributed by atoms with Gasteiger partial charge < -0.3 is 10.2 Å². The first-order valence-electron chi connectivity index (χ1n) is 8.18. The van der Waals surface area contributed by atoms with Crippen molar-refractivity contribution in [2.75, 3.05) is 42.9 Å². The van der Waals surface area contributed by atoms with Crippen LogP contribution in [0.2, 0.25) is 10.0 Å². The monoisotopic (exact) mass is 381 g/mol. The first-order valence-corrected chi connectivity index (χ1v) is 8.93. The van der Waals surface area contributed by atoms with Gasteiger partial charge in [-0.3, -0.25) is 14.8 Å². The number of hydrogen-bond donors (Lipinski definition) is 2. The van der Waals surface area contributed by atoms with Crippen molar-refractivity contribution in [3.05, 3.63) is 39.6 Å². The van der Waals surface area contributed by atoms with E-state index in [2.05, 4.69) is 25.3 Å². The summed E-state index contributed by atoms with van der Waals surface area (Å²) in [6.07, 6.45) is 0. The highest BCUT2D eigenvalue weighted by atomic mass is 35.5. The number of anilines is 2. The molecular formula is C17H21Cl2N5O. The molecule has 0 bridgehead atoms. The third kappa shape index (κ3) is 4.26. The number of amides is 1. The van der Waals surface area contributed by atoms with Gasteiger partial charge in [-0.15, -0.1) is 0 Å². The van der Waals surface area contributed by atoms with Gasteiger partial charge >= 0.3 is 0 Å². The molecule has 2 heterocycles. The van der Waals surface area contributed by atoms with Crippen molar-refractivity contribution in [2.45, 2.75) is 13.8 Å². The lowest BCUT2D eigenvalue weighted by Gasteiger charge is -2.35. The summed E-state index contributed by atoms with van der Waals surface area (Å²) in [6, 6.07) is 5.08. The van der Waals surface area contributed by atoms with Crippen molar-refractivity contribution in [1.29, 1.82) is 0 Å². The van der Waals surface area contributed by atoms with Crippen molar-refractivity contribution in [1.82, 2.24) is 15.1 Å². The first-order chi connectivity index (χ1) is 11.9. The lowest BCUT2D eigenvalue weighted by molar-refractivity contribution is -0.117. The Labute approximate surface area is 157 Å². The molecule has 1 saturated heterocycles. The van der Waals surface area contributed by atoms with Gasteiger partial charge in [-0.05, 0) is 32.0 Å². The summed E-state index contributed by atoms with van der Waals surface area (Å²) in [7, 11) is 0. The maximum atomic E-state index is 12.2. The van der Waals surface area contributed by atoms with Crippen molar-refractivity contribution < 1.29 is 4.79 Å². The van der Waals surface area contributed by atoms with Gasteiger partial charge in [-0.25, -0.2) is 0 Å². The number of rotatable bonds is 4. The van der Waals surface area contributed by atoms with Gasteiger partial charge in [0.2, 0.25) is 5.91 Å². The standard InChI is InChI=1S/C17H21Cl2N5O/c1-11-17(12(2)22-21-11)24-7-5-23(6-8-24)10-16(25)20-13-3-4-14(18)15(19)9-13/h3-4,9H,5-8,10H2,1-2H3,(H,20,25)(H,21,22). The molecule has 6 nitrogen and oxygen atoms in total. The third-order valence-corrected chi connectivity index (χ3v) is 5.09. The largest absolute Gasteiger partial charge is 0.366 e. The molecule has 8 heteroatoms. The molecule has 1 aliphatic heterocycles. The van der Waals surface area contributed by atoms with E-state index in [1.165, 1.54) is 5.69 Å². The number of nitrogens with zero attached hydrogens (tertiary/aromatic N) is 3. The molecule has 25 heavy (non-hydrogen) atoms. The zero-order chi connectivity index (χ0) is 18.0. The predicted octanol–water partition coefficient (Wildman–Crippen LogP) is 3.09. The summed E-state index contributed by atoms with van der Waals surface area (Å²) in [4.78, 5) is 16.7. The Balaban J connectivity index is 1.51. The van der Waals surface area contributed by atoms with Gasteiger partial charge in [0, 0.05) is 31.9 Å². The molecule has 2 N–H and O–H groups in total. The van der Waals surface area contributed by atoms with E-state index < -0.39 is 0 Å². The highest BCUT2D eigenvalue weighted by molar-refractivity contribution is 6.42. The third-order valence-electron chi connectivity index (χ3n) is 4.35. The number of aromatic nitrogens is 2. The molecule has 0 atom stereocenters. The van der Waals surface area contributed by atoms with Gasteiger partial charge in [0.05, 0.1) is 33.7 Å². The lowest BCUT2D eigenvalue weighted by atomic mass is 10.2. The number of aryl methyl sites for hydroxylation is 2. The van der Waals surface area contributed by atoms with E-state index in [1.54, 1.807) is 18.2 Å². The number of aromatic amines is 1. The van der Waals surface area contributed by atoms with E-state index >= 15 is 0 Å². The maximum absolute atomic E-state index is 12.2. The molecule has 0 aliphatic carbocycles. The number of hydrogen-bond acceptors (Lipinski definition) is 4. The molecule has 134 valence electrons. The molecule has 0 radical (unpaired) electrons. The summed E-state index contributed by atoms with van der Waals surface area (Å²) in [5.41, 5.74) is 3.94. The second kappa shape index (κ2) is 7.64. The molecule has 2 aromatic rings. The van der Waals surface area contributed by atoms with E-state index in [0.717, 1.165) is 37.6 Å². The smallest absolute Gasteiger partial charge is 0.238 e. The molecule has 1 aromatic heterocycles. The summed E-state index contributed by atoms with van der Waals surface area (Å²) >= 11 is 11.9. The van der Waals surface area contributed by atoms with E-state index in [0.29, 0.717) is 22.3 Å². The van der Waals surface area contributed by atoms with Crippen LogP contribution in [-0.2, 0) is 4.79 Å². The zero-order valence-electron chi connectivity index (χ0n) is 14.3. The fourth-order valence-corrected chi connectivity index (χ4v) is 3.42. The molecule has 1 aromatic carbocycles. The molecular weight excluding hydrogens is 361 g/mol. The molecule has 0 saturated carbocycles. The molecule has 3 rings (SSSR count). The number of halogens is 2. The van der Waals surface area contributed by atoms with Crippen molar-refractivity contribution >= 4 is 40.5 Å². The number of H-pyrrole nitrogens is 1. The average molecular weight is 382 g/mol. The van der Waals surface area contributed by atoms with Crippen LogP contribution in [0.4, 0.5) is 11.4 Å². The van der Waals surface area contributed by atoms with Gasteiger partial charge in [-0.1, -0.05) is 23.2 Å². The fraction of sp³-hybridized carbons (Fsp3) is 0.412. The molecule has 1 fully saturated rings.